The summed E-state index contributed by atoms with van der Waals surface area (Å²) in [6, 6.07) is 0. The van der Waals surface area contributed by atoms with Crippen molar-refractivity contribution in [2.45, 2.75) is 32.5 Å². The molecule has 0 fully saturated rings. The van der Waals surface area contributed by atoms with Crippen LogP contribution in [0.3, 0.4) is 0 Å². The maximum Gasteiger partial charge on any atom is 0.304 e. The molecule has 0 N–H and O–H groups in total. The van der Waals surface area contributed by atoms with E-state index in [2.05, 4.69) is 25.0 Å². The van der Waals surface area contributed by atoms with Crippen LogP contribution in [0.15, 0.2) is 25.3 Å². The molecule has 4 heteroatoms. The summed E-state index contributed by atoms with van der Waals surface area (Å²) in [6.45, 7) is 9.61. The van der Waals surface area contributed by atoms with Gasteiger partial charge in [0.05, 0.1) is 0 Å². The second kappa shape index (κ2) is 8.17. The van der Waals surface area contributed by atoms with Gasteiger partial charge in [-0.2, -0.15) is 0 Å². The van der Waals surface area contributed by atoms with Crippen LogP contribution in [0, 0.1) is 11.8 Å². The molecule has 4 nitrogen and oxygen atoms in total. The van der Waals surface area contributed by atoms with Crippen LogP contribution >= 0.6 is 0 Å². The summed E-state index contributed by atoms with van der Waals surface area (Å²) in [5.74, 6) is 4.48. The van der Waals surface area contributed by atoms with Crippen molar-refractivity contribution in [2.24, 2.45) is 0 Å². The van der Waals surface area contributed by atoms with Crippen LogP contribution < -0.4 is 0 Å². The first-order valence-electron chi connectivity index (χ1n) is 5.08. The maximum atomic E-state index is 10.8. The number of hydrogen-bond acceptors (Lipinski definition) is 4. The monoisotopic (exact) mass is 236 g/mol. The van der Waals surface area contributed by atoms with E-state index in [4.69, 9.17) is 9.47 Å². The van der Waals surface area contributed by atoms with Gasteiger partial charge in [-0.25, -0.2) is 0 Å². The SMILES string of the molecule is C=CC[C@H](C#C[C@H](C=C)OC(C)=O)OC(C)=O. The molecule has 0 unspecified atom stereocenters. The third-order valence-electron chi connectivity index (χ3n) is 1.58. The van der Waals surface area contributed by atoms with E-state index < -0.39 is 24.1 Å². The molecule has 0 amide bonds. The minimum Gasteiger partial charge on any atom is -0.449 e. The predicted molar refractivity (Wildman–Crippen MR) is 63.9 cm³/mol. The molecule has 0 bridgehead atoms. The van der Waals surface area contributed by atoms with Crippen LogP contribution in [0.5, 0.6) is 0 Å². The molecular formula is C13H16O4. The highest BCUT2D eigenvalue weighted by atomic mass is 16.5. The number of rotatable bonds is 5. The van der Waals surface area contributed by atoms with Crippen molar-refractivity contribution in [3.8, 4) is 11.8 Å². The number of ether oxygens (including phenoxy) is 2. The minimum absolute atomic E-state index is 0.413. The first-order chi connectivity index (χ1) is 7.99. The lowest BCUT2D eigenvalue weighted by Crippen LogP contribution is -2.15. The molecule has 0 saturated carbocycles. The molecule has 0 heterocycles. The van der Waals surface area contributed by atoms with Gasteiger partial charge in [0.1, 0.15) is 0 Å². The zero-order valence-electron chi connectivity index (χ0n) is 10.1. The molecule has 0 aromatic rings. The molecule has 0 aliphatic rings. The Labute approximate surface area is 101 Å². The Morgan fingerprint density at radius 2 is 1.76 bits per heavy atom. The van der Waals surface area contributed by atoms with Gasteiger partial charge in [-0.05, 0) is 6.08 Å². The molecule has 2 atom stereocenters. The van der Waals surface area contributed by atoms with Crippen molar-refractivity contribution in [3.05, 3.63) is 25.3 Å². The van der Waals surface area contributed by atoms with Gasteiger partial charge < -0.3 is 9.47 Å². The quantitative estimate of drug-likeness (QED) is 0.413. The van der Waals surface area contributed by atoms with Crippen molar-refractivity contribution < 1.29 is 19.1 Å². The van der Waals surface area contributed by atoms with Gasteiger partial charge >= 0.3 is 11.9 Å². The largest absolute Gasteiger partial charge is 0.449 e. The Kier molecular flexibility index (Phi) is 7.20. The molecule has 92 valence electrons. The van der Waals surface area contributed by atoms with E-state index in [1.165, 1.54) is 19.9 Å². The first-order valence-corrected chi connectivity index (χ1v) is 5.08. The van der Waals surface area contributed by atoms with Crippen LogP contribution in [-0.4, -0.2) is 24.1 Å². The Balaban J connectivity index is 4.59. The van der Waals surface area contributed by atoms with Crippen molar-refractivity contribution in [1.29, 1.82) is 0 Å². The van der Waals surface area contributed by atoms with Crippen LogP contribution in [0.4, 0.5) is 0 Å². The van der Waals surface area contributed by atoms with E-state index in [0.717, 1.165) is 0 Å². The van der Waals surface area contributed by atoms with E-state index in [9.17, 15) is 9.59 Å². The lowest BCUT2D eigenvalue weighted by molar-refractivity contribution is -0.144. The van der Waals surface area contributed by atoms with E-state index in [0.29, 0.717) is 6.42 Å². The fourth-order valence-corrected chi connectivity index (χ4v) is 0.979. The number of esters is 2. The van der Waals surface area contributed by atoms with Gasteiger partial charge in [-0.3, -0.25) is 9.59 Å². The summed E-state index contributed by atoms with van der Waals surface area (Å²) in [5, 5.41) is 0. The molecule has 0 rings (SSSR count). The lowest BCUT2D eigenvalue weighted by atomic mass is 10.2. The Morgan fingerprint density at radius 3 is 2.18 bits per heavy atom. The minimum atomic E-state index is -0.699. The summed E-state index contributed by atoms with van der Waals surface area (Å²) in [7, 11) is 0. The summed E-state index contributed by atoms with van der Waals surface area (Å²) in [6.07, 6.45) is 2.12. The van der Waals surface area contributed by atoms with E-state index in [1.54, 1.807) is 6.08 Å². The summed E-state index contributed by atoms with van der Waals surface area (Å²) >= 11 is 0. The molecule has 17 heavy (non-hydrogen) atoms. The molecule has 0 spiro atoms. The van der Waals surface area contributed by atoms with Gasteiger partial charge in [0.25, 0.3) is 0 Å². The van der Waals surface area contributed by atoms with Crippen LogP contribution in [0.2, 0.25) is 0 Å². The zero-order chi connectivity index (χ0) is 13.3. The number of carbonyl (C=O) groups excluding carboxylic acids is 2. The normalized spacial score (nSPS) is 12.4. The van der Waals surface area contributed by atoms with Gasteiger partial charge in [0.2, 0.25) is 0 Å². The average molecular weight is 236 g/mol. The van der Waals surface area contributed by atoms with Crippen LogP contribution in [0.25, 0.3) is 0 Å². The van der Waals surface area contributed by atoms with E-state index >= 15 is 0 Å². The van der Waals surface area contributed by atoms with Crippen molar-refractivity contribution in [1.82, 2.24) is 0 Å². The summed E-state index contributed by atoms with van der Waals surface area (Å²) < 4.78 is 9.77. The third kappa shape index (κ3) is 7.86. The van der Waals surface area contributed by atoms with Crippen LogP contribution in [0.1, 0.15) is 20.3 Å². The second-order valence-corrected chi connectivity index (χ2v) is 3.18. The average Bonchev–Trinajstić information content (AvgIpc) is 2.22. The molecule has 0 saturated heterocycles. The van der Waals surface area contributed by atoms with Crippen LogP contribution in [-0.2, 0) is 19.1 Å². The summed E-state index contributed by atoms with van der Waals surface area (Å²) in [5.41, 5.74) is 0. The van der Waals surface area contributed by atoms with Crippen molar-refractivity contribution in [2.75, 3.05) is 0 Å². The summed E-state index contributed by atoms with van der Waals surface area (Å²) in [4.78, 5) is 21.5. The van der Waals surface area contributed by atoms with Gasteiger partial charge in [-0.15, -0.1) is 6.58 Å². The Morgan fingerprint density at radius 1 is 1.18 bits per heavy atom. The predicted octanol–water partition coefficient (Wildman–Crippen LogP) is 1.62. The highest BCUT2D eigenvalue weighted by molar-refractivity contribution is 5.67. The van der Waals surface area contributed by atoms with Gasteiger partial charge in [0.15, 0.2) is 12.2 Å². The van der Waals surface area contributed by atoms with E-state index in [1.807, 2.05) is 0 Å². The number of carbonyl (C=O) groups is 2. The Bertz CT molecular complexity index is 359. The van der Waals surface area contributed by atoms with Gasteiger partial charge in [0, 0.05) is 20.3 Å². The Hall–Kier alpha value is -2.02. The first kappa shape index (κ1) is 15.0. The molecule has 0 radical (unpaired) electrons. The van der Waals surface area contributed by atoms with Gasteiger partial charge in [-0.1, -0.05) is 24.5 Å². The maximum absolute atomic E-state index is 10.8. The second-order valence-electron chi connectivity index (χ2n) is 3.18. The van der Waals surface area contributed by atoms with Crippen molar-refractivity contribution >= 4 is 11.9 Å². The van der Waals surface area contributed by atoms with E-state index in [-0.39, 0.29) is 0 Å². The smallest absolute Gasteiger partial charge is 0.304 e. The lowest BCUT2D eigenvalue weighted by Gasteiger charge is -2.09. The highest BCUT2D eigenvalue weighted by Gasteiger charge is 2.07. The molecule has 0 aromatic carbocycles. The zero-order valence-corrected chi connectivity index (χ0v) is 10.1. The fourth-order valence-electron chi connectivity index (χ4n) is 0.979. The molecule has 0 aliphatic heterocycles. The third-order valence-corrected chi connectivity index (χ3v) is 1.58. The highest BCUT2D eigenvalue weighted by Crippen LogP contribution is 2.00. The molecular weight excluding hydrogens is 220 g/mol. The van der Waals surface area contributed by atoms with Crippen molar-refractivity contribution in [3.63, 3.8) is 0 Å². The number of hydrogen-bond donors (Lipinski definition) is 0. The molecule has 0 aliphatic carbocycles. The fraction of sp³-hybridized carbons (Fsp3) is 0.385. The molecule has 0 aromatic heterocycles. The standard InChI is InChI=1S/C13H16O4/c1-5-7-13(17-11(4)15)9-8-12(6-2)16-10(3)14/h5-6,12-13H,1-2,7H2,3-4H3/t12-,13+/m0/s1. The topological polar surface area (TPSA) is 52.6 Å².